The van der Waals surface area contributed by atoms with E-state index in [9.17, 15) is 14.9 Å². The van der Waals surface area contributed by atoms with Gasteiger partial charge in [-0.1, -0.05) is 29.8 Å². The minimum Gasteiger partial charge on any atom is -0.491 e. The normalized spacial score (nSPS) is 11.6. The van der Waals surface area contributed by atoms with Crippen molar-refractivity contribution < 1.29 is 14.5 Å². The number of benzene rings is 2. The molecule has 0 saturated heterocycles. The first-order valence-electron chi connectivity index (χ1n) is 7.31. The molecule has 0 radical (unpaired) electrons. The predicted octanol–water partition coefficient (Wildman–Crippen LogP) is 3.75. The third-order valence-electron chi connectivity index (χ3n) is 3.36. The van der Waals surface area contributed by atoms with Gasteiger partial charge in [0.2, 0.25) is 0 Å². The third-order valence-corrected chi connectivity index (χ3v) is 3.68. The largest absolute Gasteiger partial charge is 0.491 e. The van der Waals surface area contributed by atoms with Gasteiger partial charge in [0.15, 0.2) is 0 Å². The molecule has 0 spiro atoms. The smallest absolute Gasteiger partial charge is 0.288 e. The summed E-state index contributed by atoms with van der Waals surface area (Å²) in [7, 11) is 0. The molecule has 0 bridgehead atoms. The van der Waals surface area contributed by atoms with E-state index in [-0.39, 0.29) is 28.9 Å². The standard InChI is InChI=1S/C17H17ClN2O4/c1-11-5-3-4-6-16(11)24-10-12(2)19-17(21)13-7-8-14(18)15(9-13)20(22)23/h3-9,12H,10H2,1-2H3,(H,19,21). The molecule has 2 rings (SSSR count). The maximum Gasteiger partial charge on any atom is 0.288 e. The van der Waals surface area contributed by atoms with Gasteiger partial charge in [0, 0.05) is 11.6 Å². The number of carbonyl (C=O) groups is 1. The first-order valence-corrected chi connectivity index (χ1v) is 7.69. The van der Waals surface area contributed by atoms with Crippen LogP contribution in [-0.2, 0) is 0 Å². The Hall–Kier alpha value is -2.60. The lowest BCUT2D eigenvalue weighted by Gasteiger charge is -2.16. The average molecular weight is 349 g/mol. The molecule has 7 heteroatoms. The molecule has 6 nitrogen and oxygen atoms in total. The van der Waals surface area contributed by atoms with Crippen molar-refractivity contribution in [2.24, 2.45) is 0 Å². The zero-order chi connectivity index (χ0) is 17.7. The van der Waals surface area contributed by atoms with Gasteiger partial charge in [0.05, 0.1) is 11.0 Å². The number of nitro groups is 1. The number of halogens is 1. The summed E-state index contributed by atoms with van der Waals surface area (Å²) in [4.78, 5) is 22.4. The second kappa shape index (κ2) is 7.79. The van der Waals surface area contributed by atoms with Crippen LogP contribution in [0, 0.1) is 17.0 Å². The minimum absolute atomic E-state index is 0.00696. The monoisotopic (exact) mass is 348 g/mol. The van der Waals surface area contributed by atoms with Gasteiger partial charge in [0.1, 0.15) is 17.4 Å². The Kier molecular flexibility index (Phi) is 5.76. The maximum atomic E-state index is 12.2. The molecular formula is C17H17ClN2O4. The van der Waals surface area contributed by atoms with Crippen LogP contribution >= 0.6 is 11.6 Å². The highest BCUT2D eigenvalue weighted by atomic mass is 35.5. The van der Waals surface area contributed by atoms with E-state index < -0.39 is 10.8 Å². The SMILES string of the molecule is Cc1ccccc1OCC(C)NC(=O)c1ccc(Cl)c([N+](=O)[O-])c1. The van der Waals surface area contributed by atoms with E-state index in [2.05, 4.69) is 5.32 Å². The van der Waals surface area contributed by atoms with Crippen molar-refractivity contribution in [2.75, 3.05) is 6.61 Å². The fourth-order valence-electron chi connectivity index (χ4n) is 2.08. The molecule has 126 valence electrons. The van der Waals surface area contributed by atoms with E-state index in [1.54, 1.807) is 6.92 Å². The Morgan fingerprint density at radius 1 is 1.33 bits per heavy atom. The topological polar surface area (TPSA) is 81.5 Å². The quantitative estimate of drug-likeness (QED) is 0.636. The Bertz CT molecular complexity index is 764. The number of carbonyl (C=O) groups excluding carboxylic acids is 1. The van der Waals surface area contributed by atoms with Crippen LogP contribution < -0.4 is 10.1 Å². The van der Waals surface area contributed by atoms with Crippen molar-refractivity contribution in [2.45, 2.75) is 19.9 Å². The Balaban J connectivity index is 1.98. The van der Waals surface area contributed by atoms with Crippen LogP contribution in [0.5, 0.6) is 5.75 Å². The number of nitro benzene ring substituents is 1. The fraction of sp³-hybridized carbons (Fsp3) is 0.235. The number of nitrogens with zero attached hydrogens (tertiary/aromatic N) is 1. The number of rotatable bonds is 6. The molecule has 24 heavy (non-hydrogen) atoms. The van der Waals surface area contributed by atoms with E-state index in [1.807, 2.05) is 31.2 Å². The van der Waals surface area contributed by atoms with E-state index >= 15 is 0 Å². The molecule has 1 amide bonds. The van der Waals surface area contributed by atoms with Crippen molar-refractivity contribution in [3.63, 3.8) is 0 Å². The van der Waals surface area contributed by atoms with Crippen LogP contribution in [0.25, 0.3) is 0 Å². The Labute approximate surface area is 144 Å². The molecule has 0 aliphatic heterocycles. The summed E-state index contributed by atoms with van der Waals surface area (Å²) in [6, 6.07) is 11.2. The number of hydrogen-bond donors (Lipinski definition) is 1. The zero-order valence-electron chi connectivity index (χ0n) is 13.3. The first kappa shape index (κ1) is 17.7. The number of ether oxygens (including phenoxy) is 1. The van der Waals surface area contributed by atoms with Crippen molar-refractivity contribution in [1.82, 2.24) is 5.32 Å². The van der Waals surface area contributed by atoms with Gasteiger partial charge in [-0.15, -0.1) is 0 Å². The average Bonchev–Trinajstić information content (AvgIpc) is 2.54. The molecule has 0 saturated carbocycles. The molecule has 1 unspecified atom stereocenters. The summed E-state index contributed by atoms with van der Waals surface area (Å²) in [5.74, 6) is 0.330. The van der Waals surface area contributed by atoms with Crippen LogP contribution in [0.3, 0.4) is 0 Å². The summed E-state index contributed by atoms with van der Waals surface area (Å²) in [5.41, 5.74) is 0.881. The molecule has 0 heterocycles. The summed E-state index contributed by atoms with van der Waals surface area (Å²) >= 11 is 5.74. The van der Waals surface area contributed by atoms with Gasteiger partial charge in [-0.3, -0.25) is 14.9 Å². The lowest BCUT2D eigenvalue weighted by molar-refractivity contribution is -0.384. The summed E-state index contributed by atoms with van der Waals surface area (Å²) < 4.78 is 5.67. The van der Waals surface area contributed by atoms with Gasteiger partial charge in [-0.2, -0.15) is 0 Å². The summed E-state index contributed by atoms with van der Waals surface area (Å²) in [6.07, 6.45) is 0. The molecule has 2 aromatic carbocycles. The number of aryl methyl sites for hydroxylation is 1. The Morgan fingerprint density at radius 3 is 2.71 bits per heavy atom. The Morgan fingerprint density at radius 2 is 2.04 bits per heavy atom. The molecule has 0 fully saturated rings. The highest BCUT2D eigenvalue weighted by molar-refractivity contribution is 6.32. The lowest BCUT2D eigenvalue weighted by atomic mass is 10.1. The summed E-state index contributed by atoms with van der Waals surface area (Å²) in [6.45, 7) is 4.01. The van der Waals surface area contributed by atoms with Gasteiger partial charge in [-0.05, 0) is 37.6 Å². The first-order chi connectivity index (χ1) is 11.4. The molecule has 1 N–H and O–H groups in total. The van der Waals surface area contributed by atoms with E-state index in [1.165, 1.54) is 12.1 Å². The van der Waals surface area contributed by atoms with E-state index in [0.717, 1.165) is 17.4 Å². The molecule has 2 aromatic rings. The molecular weight excluding hydrogens is 332 g/mol. The van der Waals surface area contributed by atoms with Crippen molar-refractivity contribution in [3.05, 3.63) is 68.7 Å². The molecule has 0 aliphatic rings. The van der Waals surface area contributed by atoms with Crippen LogP contribution in [-0.4, -0.2) is 23.5 Å². The van der Waals surface area contributed by atoms with Crippen molar-refractivity contribution in [3.8, 4) is 5.75 Å². The molecule has 1 atom stereocenters. The van der Waals surface area contributed by atoms with E-state index in [0.29, 0.717) is 0 Å². The second-order valence-electron chi connectivity index (χ2n) is 5.37. The van der Waals surface area contributed by atoms with Gasteiger partial charge in [0.25, 0.3) is 11.6 Å². The van der Waals surface area contributed by atoms with E-state index in [4.69, 9.17) is 16.3 Å². The second-order valence-corrected chi connectivity index (χ2v) is 5.78. The molecule has 0 aliphatic carbocycles. The lowest BCUT2D eigenvalue weighted by Crippen LogP contribution is -2.36. The zero-order valence-corrected chi connectivity index (χ0v) is 14.0. The minimum atomic E-state index is -0.621. The van der Waals surface area contributed by atoms with Gasteiger partial charge < -0.3 is 10.1 Å². The van der Waals surface area contributed by atoms with Crippen LogP contribution in [0.1, 0.15) is 22.8 Å². The van der Waals surface area contributed by atoms with Gasteiger partial charge >= 0.3 is 0 Å². The third kappa shape index (κ3) is 4.45. The van der Waals surface area contributed by atoms with Crippen LogP contribution in [0.4, 0.5) is 5.69 Å². The number of para-hydroxylation sites is 1. The fourth-order valence-corrected chi connectivity index (χ4v) is 2.26. The number of nitrogens with one attached hydrogen (secondary N) is 1. The van der Waals surface area contributed by atoms with Crippen LogP contribution in [0.2, 0.25) is 5.02 Å². The van der Waals surface area contributed by atoms with Gasteiger partial charge in [-0.25, -0.2) is 0 Å². The highest BCUT2D eigenvalue weighted by Gasteiger charge is 2.17. The maximum absolute atomic E-state index is 12.2. The number of hydrogen-bond acceptors (Lipinski definition) is 4. The predicted molar refractivity (Wildman–Crippen MR) is 91.7 cm³/mol. The van der Waals surface area contributed by atoms with Crippen molar-refractivity contribution in [1.29, 1.82) is 0 Å². The van der Waals surface area contributed by atoms with Crippen LogP contribution in [0.15, 0.2) is 42.5 Å². The highest BCUT2D eigenvalue weighted by Crippen LogP contribution is 2.25. The molecule has 0 aromatic heterocycles. The summed E-state index contributed by atoms with van der Waals surface area (Å²) in [5, 5.41) is 13.6. The number of amides is 1. The van der Waals surface area contributed by atoms with Crippen molar-refractivity contribution >= 4 is 23.2 Å².